The molecule has 1 saturated carbocycles. The Kier molecular flexibility index (Phi) is 4.33. The maximum absolute atomic E-state index is 13.6. The summed E-state index contributed by atoms with van der Waals surface area (Å²) >= 11 is 0. The van der Waals surface area contributed by atoms with Crippen molar-refractivity contribution in [2.45, 2.75) is 46.3 Å². The van der Waals surface area contributed by atoms with Crippen LogP contribution in [0.25, 0.3) is 0 Å². The van der Waals surface area contributed by atoms with Crippen molar-refractivity contribution in [1.82, 2.24) is 0 Å². The SMILES string of the molecule is CC(C)COC1CC(Nc2cc(F)ccc2F)C1(C)C. The van der Waals surface area contributed by atoms with Crippen LogP contribution in [0, 0.1) is 23.0 Å². The van der Waals surface area contributed by atoms with Gasteiger partial charge in [0.15, 0.2) is 0 Å². The van der Waals surface area contributed by atoms with E-state index < -0.39 is 11.6 Å². The highest BCUT2D eigenvalue weighted by Crippen LogP contribution is 2.44. The van der Waals surface area contributed by atoms with Gasteiger partial charge in [-0.1, -0.05) is 27.7 Å². The molecule has 2 rings (SSSR count). The summed E-state index contributed by atoms with van der Waals surface area (Å²) in [7, 11) is 0. The molecular weight excluding hydrogens is 260 g/mol. The molecule has 1 fully saturated rings. The van der Waals surface area contributed by atoms with Gasteiger partial charge in [0.25, 0.3) is 0 Å². The van der Waals surface area contributed by atoms with E-state index >= 15 is 0 Å². The van der Waals surface area contributed by atoms with Crippen molar-refractivity contribution in [3.63, 3.8) is 0 Å². The van der Waals surface area contributed by atoms with Crippen molar-refractivity contribution in [3.8, 4) is 0 Å². The van der Waals surface area contributed by atoms with Crippen LogP contribution in [0.1, 0.15) is 34.1 Å². The van der Waals surface area contributed by atoms with Gasteiger partial charge in [0, 0.05) is 18.1 Å². The van der Waals surface area contributed by atoms with Crippen LogP contribution in [-0.4, -0.2) is 18.8 Å². The third-order valence-electron chi connectivity index (χ3n) is 4.07. The maximum Gasteiger partial charge on any atom is 0.146 e. The summed E-state index contributed by atoms with van der Waals surface area (Å²) < 4.78 is 32.7. The van der Waals surface area contributed by atoms with E-state index in [1.165, 1.54) is 6.07 Å². The number of ether oxygens (including phenoxy) is 1. The number of hydrogen-bond donors (Lipinski definition) is 1. The fourth-order valence-corrected chi connectivity index (χ4v) is 2.52. The summed E-state index contributed by atoms with van der Waals surface area (Å²) in [6.45, 7) is 9.15. The molecule has 1 aromatic carbocycles. The third-order valence-corrected chi connectivity index (χ3v) is 4.07. The van der Waals surface area contributed by atoms with E-state index in [-0.39, 0.29) is 23.2 Å². The second-order valence-electron chi connectivity index (χ2n) is 6.59. The number of nitrogens with one attached hydrogen (secondary N) is 1. The highest BCUT2D eigenvalue weighted by Gasteiger charge is 2.49. The van der Waals surface area contributed by atoms with Crippen LogP contribution in [0.4, 0.5) is 14.5 Å². The van der Waals surface area contributed by atoms with Gasteiger partial charge in [0.05, 0.1) is 11.8 Å². The van der Waals surface area contributed by atoms with Crippen LogP contribution >= 0.6 is 0 Å². The Morgan fingerprint density at radius 3 is 2.65 bits per heavy atom. The second-order valence-corrected chi connectivity index (χ2v) is 6.59. The predicted octanol–water partition coefficient (Wildman–Crippen LogP) is 4.22. The van der Waals surface area contributed by atoms with E-state index in [0.29, 0.717) is 5.92 Å². The standard InChI is InChI=1S/C16H23F2NO/c1-10(2)9-20-15-8-14(16(15,3)4)19-13-7-11(17)5-6-12(13)18/h5-7,10,14-15,19H,8-9H2,1-4H3. The molecule has 20 heavy (non-hydrogen) atoms. The highest BCUT2D eigenvalue weighted by molar-refractivity contribution is 5.47. The van der Waals surface area contributed by atoms with Gasteiger partial charge in [-0.3, -0.25) is 0 Å². The first-order valence-corrected chi connectivity index (χ1v) is 7.14. The number of hydrogen-bond acceptors (Lipinski definition) is 2. The van der Waals surface area contributed by atoms with Crippen LogP contribution in [0.2, 0.25) is 0 Å². The molecule has 4 heteroatoms. The molecule has 0 bridgehead atoms. The van der Waals surface area contributed by atoms with E-state index in [1.807, 2.05) is 0 Å². The molecule has 0 heterocycles. The predicted molar refractivity (Wildman–Crippen MR) is 76.7 cm³/mol. The summed E-state index contributed by atoms with van der Waals surface area (Å²) in [5.41, 5.74) is 0.138. The van der Waals surface area contributed by atoms with Gasteiger partial charge in [-0.25, -0.2) is 8.78 Å². The zero-order valence-electron chi connectivity index (χ0n) is 12.5. The maximum atomic E-state index is 13.6. The molecule has 0 spiro atoms. The Bertz CT molecular complexity index is 474. The lowest BCUT2D eigenvalue weighted by atomic mass is 9.64. The first kappa shape index (κ1) is 15.2. The van der Waals surface area contributed by atoms with Crippen molar-refractivity contribution in [2.75, 3.05) is 11.9 Å². The lowest BCUT2D eigenvalue weighted by molar-refractivity contribution is -0.108. The monoisotopic (exact) mass is 283 g/mol. The minimum absolute atomic E-state index is 0.0896. The Hall–Kier alpha value is -1.16. The molecule has 1 aromatic rings. The fraction of sp³-hybridized carbons (Fsp3) is 0.625. The lowest BCUT2D eigenvalue weighted by Gasteiger charge is -2.52. The van der Waals surface area contributed by atoms with Crippen molar-refractivity contribution in [2.24, 2.45) is 11.3 Å². The Labute approximate surface area is 119 Å². The molecule has 2 unspecified atom stereocenters. The molecule has 0 radical (unpaired) electrons. The minimum atomic E-state index is -0.432. The normalized spacial score (nSPS) is 24.6. The fourth-order valence-electron chi connectivity index (χ4n) is 2.52. The number of rotatable bonds is 5. The summed E-state index contributed by atoms with van der Waals surface area (Å²) in [6, 6.07) is 3.57. The molecule has 0 aromatic heterocycles. The topological polar surface area (TPSA) is 21.3 Å². The third kappa shape index (κ3) is 3.11. The van der Waals surface area contributed by atoms with Gasteiger partial charge in [0.2, 0.25) is 0 Å². The molecule has 0 saturated heterocycles. The molecule has 1 aliphatic rings. The molecule has 112 valence electrons. The lowest BCUT2D eigenvalue weighted by Crippen LogP contribution is -2.58. The minimum Gasteiger partial charge on any atom is -0.379 e. The Balaban J connectivity index is 1.97. The molecule has 2 nitrogen and oxygen atoms in total. The van der Waals surface area contributed by atoms with Crippen molar-refractivity contribution < 1.29 is 13.5 Å². The first-order valence-electron chi connectivity index (χ1n) is 7.14. The number of halogens is 2. The molecule has 0 aliphatic heterocycles. The Morgan fingerprint density at radius 1 is 1.35 bits per heavy atom. The van der Waals surface area contributed by atoms with Gasteiger partial charge in [0.1, 0.15) is 11.6 Å². The van der Waals surface area contributed by atoms with Crippen molar-refractivity contribution in [3.05, 3.63) is 29.8 Å². The molecule has 1 aliphatic carbocycles. The smallest absolute Gasteiger partial charge is 0.146 e. The summed E-state index contributed by atoms with van der Waals surface area (Å²) in [6.07, 6.45) is 0.981. The van der Waals surface area contributed by atoms with Crippen LogP contribution in [0.3, 0.4) is 0 Å². The van der Waals surface area contributed by atoms with Crippen molar-refractivity contribution >= 4 is 5.69 Å². The van der Waals surface area contributed by atoms with Gasteiger partial charge < -0.3 is 10.1 Å². The van der Waals surface area contributed by atoms with Crippen LogP contribution in [0.5, 0.6) is 0 Å². The van der Waals surface area contributed by atoms with Gasteiger partial charge in [-0.2, -0.15) is 0 Å². The van der Waals surface area contributed by atoms with E-state index in [9.17, 15) is 8.78 Å². The number of anilines is 1. The average molecular weight is 283 g/mol. The van der Waals surface area contributed by atoms with E-state index in [1.54, 1.807) is 0 Å². The average Bonchev–Trinajstić information content (AvgIpc) is 2.36. The summed E-state index contributed by atoms with van der Waals surface area (Å²) in [5.74, 6) is -0.356. The van der Waals surface area contributed by atoms with Crippen molar-refractivity contribution in [1.29, 1.82) is 0 Å². The first-order chi connectivity index (χ1) is 9.30. The number of benzene rings is 1. The quantitative estimate of drug-likeness (QED) is 0.873. The van der Waals surface area contributed by atoms with E-state index in [0.717, 1.165) is 25.2 Å². The van der Waals surface area contributed by atoms with Gasteiger partial charge >= 0.3 is 0 Å². The highest BCUT2D eigenvalue weighted by atomic mass is 19.1. The van der Waals surface area contributed by atoms with Crippen LogP contribution < -0.4 is 5.32 Å². The van der Waals surface area contributed by atoms with E-state index in [4.69, 9.17) is 4.74 Å². The van der Waals surface area contributed by atoms with Gasteiger partial charge in [-0.15, -0.1) is 0 Å². The molecule has 2 atom stereocenters. The van der Waals surface area contributed by atoms with Crippen LogP contribution in [-0.2, 0) is 4.74 Å². The molecular formula is C16H23F2NO. The summed E-state index contributed by atoms with van der Waals surface area (Å²) in [4.78, 5) is 0. The van der Waals surface area contributed by atoms with E-state index in [2.05, 4.69) is 33.0 Å². The second kappa shape index (κ2) is 5.68. The molecule has 0 amide bonds. The van der Waals surface area contributed by atoms with Crippen LogP contribution in [0.15, 0.2) is 18.2 Å². The molecule has 1 N–H and O–H groups in total. The zero-order valence-corrected chi connectivity index (χ0v) is 12.5. The summed E-state index contributed by atoms with van der Waals surface area (Å²) in [5, 5.41) is 3.10. The van der Waals surface area contributed by atoms with Gasteiger partial charge in [-0.05, 0) is 30.5 Å². The Morgan fingerprint density at radius 2 is 2.05 bits per heavy atom. The largest absolute Gasteiger partial charge is 0.379 e. The zero-order chi connectivity index (χ0) is 14.9.